The van der Waals surface area contributed by atoms with Crippen LogP contribution in [0, 0.1) is 12.8 Å². The Bertz CT molecular complexity index is 424. The summed E-state index contributed by atoms with van der Waals surface area (Å²) in [6.45, 7) is 5.15. The molecule has 120 valence electrons. The zero-order valence-electron chi connectivity index (χ0n) is 14.1. The van der Waals surface area contributed by atoms with Crippen LogP contribution in [-0.4, -0.2) is 36.1 Å². The fourth-order valence-electron chi connectivity index (χ4n) is 3.79. The predicted octanol–water partition coefficient (Wildman–Crippen LogP) is 2.94. The second kappa shape index (κ2) is 7.95. The molecule has 1 saturated carbocycles. The summed E-state index contributed by atoms with van der Waals surface area (Å²) in [4.78, 5) is 0. The van der Waals surface area contributed by atoms with Crippen molar-refractivity contribution in [3.63, 3.8) is 0 Å². The van der Waals surface area contributed by atoms with Crippen LogP contribution in [0.4, 0.5) is 0 Å². The number of nitrogens with one attached hydrogen (secondary N) is 1. The Labute approximate surface area is 129 Å². The van der Waals surface area contributed by atoms with Crippen molar-refractivity contribution in [3.05, 3.63) is 17.5 Å². The summed E-state index contributed by atoms with van der Waals surface area (Å²) in [5.74, 6) is 0.695. The number of aryl methyl sites for hydroxylation is 2. The number of nitrogens with zero attached hydrogens (tertiary/aromatic N) is 2. The van der Waals surface area contributed by atoms with E-state index < -0.39 is 0 Å². The Morgan fingerprint density at radius 3 is 2.67 bits per heavy atom. The first-order chi connectivity index (χ1) is 10.2. The maximum absolute atomic E-state index is 5.90. The standard InChI is InChI=1S/C17H31N3O/c1-5-20-15(11-13(2)19-20)12-16(18-3)17(21-4)14-9-7-6-8-10-14/h11,14,16-18H,5-10,12H2,1-4H3. The van der Waals surface area contributed by atoms with Crippen molar-refractivity contribution >= 4 is 0 Å². The van der Waals surface area contributed by atoms with E-state index in [-0.39, 0.29) is 0 Å². The van der Waals surface area contributed by atoms with E-state index >= 15 is 0 Å². The first kappa shape index (κ1) is 16.5. The number of aromatic nitrogens is 2. The van der Waals surface area contributed by atoms with E-state index in [4.69, 9.17) is 4.74 Å². The average Bonchev–Trinajstić information content (AvgIpc) is 2.87. The number of hydrogen-bond acceptors (Lipinski definition) is 3. The first-order valence-corrected chi connectivity index (χ1v) is 8.43. The van der Waals surface area contributed by atoms with Crippen molar-refractivity contribution in [2.75, 3.05) is 14.2 Å². The van der Waals surface area contributed by atoms with Crippen molar-refractivity contribution in [2.24, 2.45) is 5.92 Å². The molecule has 2 rings (SSSR count). The van der Waals surface area contributed by atoms with Crippen LogP contribution in [0.2, 0.25) is 0 Å². The maximum atomic E-state index is 5.90. The van der Waals surface area contributed by atoms with Gasteiger partial charge in [-0.3, -0.25) is 4.68 Å². The molecule has 0 amide bonds. The van der Waals surface area contributed by atoms with Gasteiger partial charge in [0, 0.05) is 31.8 Å². The van der Waals surface area contributed by atoms with Crippen LogP contribution < -0.4 is 5.32 Å². The number of methoxy groups -OCH3 is 1. The highest BCUT2D eigenvalue weighted by Crippen LogP contribution is 2.30. The highest BCUT2D eigenvalue weighted by atomic mass is 16.5. The van der Waals surface area contributed by atoms with E-state index in [1.165, 1.54) is 37.8 Å². The summed E-state index contributed by atoms with van der Waals surface area (Å²) < 4.78 is 8.02. The third-order valence-corrected chi connectivity index (χ3v) is 4.87. The summed E-state index contributed by atoms with van der Waals surface area (Å²) in [5, 5.41) is 8.06. The quantitative estimate of drug-likeness (QED) is 0.840. The van der Waals surface area contributed by atoms with Crippen molar-refractivity contribution in [1.29, 1.82) is 0 Å². The molecule has 1 aliphatic rings. The molecule has 2 unspecified atom stereocenters. The summed E-state index contributed by atoms with van der Waals surface area (Å²) in [6, 6.07) is 2.57. The van der Waals surface area contributed by atoms with Crippen molar-refractivity contribution in [1.82, 2.24) is 15.1 Å². The molecule has 1 heterocycles. The van der Waals surface area contributed by atoms with Crippen molar-refractivity contribution in [3.8, 4) is 0 Å². The molecule has 1 aromatic rings. The van der Waals surface area contributed by atoms with Gasteiger partial charge in [-0.05, 0) is 45.7 Å². The van der Waals surface area contributed by atoms with Gasteiger partial charge in [0.15, 0.2) is 0 Å². The van der Waals surface area contributed by atoms with Gasteiger partial charge < -0.3 is 10.1 Å². The Kier molecular flexibility index (Phi) is 6.24. The molecule has 1 aromatic heterocycles. The first-order valence-electron chi connectivity index (χ1n) is 8.43. The van der Waals surface area contributed by atoms with Gasteiger partial charge in [0.1, 0.15) is 0 Å². The highest BCUT2D eigenvalue weighted by Gasteiger charge is 2.30. The SMILES string of the molecule is CCn1nc(C)cc1CC(NC)C(OC)C1CCCCC1. The van der Waals surface area contributed by atoms with Gasteiger partial charge in [0.05, 0.1) is 11.8 Å². The molecule has 0 aromatic carbocycles. The van der Waals surface area contributed by atoms with Crippen LogP contribution in [0.25, 0.3) is 0 Å². The van der Waals surface area contributed by atoms with Gasteiger partial charge in [-0.15, -0.1) is 0 Å². The Morgan fingerprint density at radius 1 is 1.38 bits per heavy atom. The zero-order valence-corrected chi connectivity index (χ0v) is 14.1. The summed E-state index contributed by atoms with van der Waals surface area (Å²) in [6.07, 6.45) is 8.00. The van der Waals surface area contributed by atoms with E-state index in [0.717, 1.165) is 18.7 Å². The second-order valence-corrected chi connectivity index (χ2v) is 6.29. The fourth-order valence-corrected chi connectivity index (χ4v) is 3.79. The molecule has 21 heavy (non-hydrogen) atoms. The van der Waals surface area contributed by atoms with E-state index in [1.54, 1.807) is 0 Å². The molecule has 0 bridgehead atoms. The molecule has 2 atom stereocenters. The van der Waals surface area contributed by atoms with Crippen LogP contribution in [0.15, 0.2) is 6.07 Å². The molecule has 1 fully saturated rings. The van der Waals surface area contributed by atoms with Gasteiger partial charge in [0.25, 0.3) is 0 Å². The monoisotopic (exact) mass is 293 g/mol. The van der Waals surface area contributed by atoms with Crippen LogP contribution in [0.5, 0.6) is 0 Å². The largest absolute Gasteiger partial charge is 0.380 e. The molecule has 4 heteroatoms. The minimum Gasteiger partial charge on any atom is -0.380 e. The number of likely N-dealkylation sites (N-methyl/N-ethyl adjacent to an activating group) is 1. The molecule has 0 radical (unpaired) electrons. The van der Waals surface area contributed by atoms with Crippen molar-refractivity contribution < 1.29 is 4.74 Å². The molecular formula is C17H31N3O. The van der Waals surface area contributed by atoms with Crippen LogP contribution in [0.1, 0.15) is 50.4 Å². The second-order valence-electron chi connectivity index (χ2n) is 6.29. The average molecular weight is 293 g/mol. The lowest BCUT2D eigenvalue weighted by Crippen LogP contribution is -2.45. The van der Waals surface area contributed by atoms with Crippen molar-refractivity contribution in [2.45, 2.75) is 71.1 Å². The third kappa shape index (κ3) is 4.07. The predicted molar refractivity (Wildman–Crippen MR) is 86.6 cm³/mol. The minimum absolute atomic E-state index is 0.302. The van der Waals surface area contributed by atoms with Crippen LogP contribution in [0.3, 0.4) is 0 Å². The summed E-state index contributed by atoms with van der Waals surface area (Å²) in [5.41, 5.74) is 2.42. The van der Waals surface area contributed by atoms with Gasteiger partial charge in [-0.2, -0.15) is 5.10 Å². The Morgan fingerprint density at radius 2 is 2.10 bits per heavy atom. The minimum atomic E-state index is 0.302. The zero-order chi connectivity index (χ0) is 15.2. The Balaban J connectivity index is 2.09. The van der Waals surface area contributed by atoms with E-state index in [2.05, 4.69) is 42.1 Å². The lowest BCUT2D eigenvalue weighted by atomic mass is 9.81. The smallest absolute Gasteiger partial charge is 0.0756 e. The highest BCUT2D eigenvalue weighted by molar-refractivity contribution is 5.11. The van der Waals surface area contributed by atoms with Gasteiger partial charge in [-0.25, -0.2) is 0 Å². The number of rotatable bonds is 7. The van der Waals surface area contributed by atoms with E-state index in [1.807, 2.05) is 7.11 Å². The third-order valence-electron chi connectivity index (χ3n) is 4.87. The topological polar surface area (TPSA) is 39.1 Å². The van der Waals surface area contributed by atoms with E-state index in [9.17, 15) is 0 Å². The molecule has 0 saturated heterocycles. The normalized spacial score (nSPS) is 19.6. The van der Waals surface area contributed by atoms with E-state index in [0.29, 0.717) is 18.1 Å². The summed E-state index contributed by atoms with van der Waals surface area (Å²) in [7, 11) is 3.92. The van der Waals surface area contributed by atoms with Crippen LogP contribution in [-0.2, 0) is 17.7 Å². The molecule has 1 aliphatic carbocycles. The lowest BCUT2D eigenvalue weighted by molar-refractivity contribution is 0.00970. The molecule has 0 aliphatic heterocycles. The molecule has 0 spiro atoms. The van der Waals surface area contributed by atoms with Gasteiger partial charge in [0.2, 0.25) is 0 Å². The molecule has 4 nitrogen and oxygen atoms in total. The fraction of sp³-hybridized carbons (Fsp3) is 0.824. The number of ether oxygens (including phenoxy) is 1. The molecular weight excluding hydrogens is 262 g/mol. The van der Waals surface area contributed by atoms with Gasteiger partial charge >= 0.3 is 0 Å². The molecule has 1 N–H and O–H groups in total. The van der Waals surface area contributed by atoms with Gasteiger partial charge in [-0.1, -0.05) is 19.3 Å². The maximum Gasteiger partial charge on any atom is 0.0756 e. The summed E-state index contributed by atoms with van der Waals surface area (Å²) >= 11 is 0. The van der Waals surface area contributed by atoms with Crippen LogP contribution >= 0.6 is 0 Å². The Hall–Kier alpha value is -0.870. The number of hydrogen-bond donors (Lipinski definition) is 1. The lowest BCUT2D eigenvalue weighted by Gasteiger charge is -2.35.